The Morgan fingerprint density at radius 1 is 1.41 bits per heavy atom. The summed E-state index contributed by atoms with van der Waals surface area (Å²) in [7, 11) is 0. The van der Waals surface area contributed by atoms with Gasteiger partial charge in [0.15, 0.2) is 0 Å². The smallest absolute Gasteiger partial charge is 0.136 e. The van der Waals surface area contributed by atoms with Crippen LogP contribution in [0.4, 0.5) is 0 Å². The molecule has 0 amide bonds. The predicted molar refractivity (Wildman–Crippen MR) is 67.9 cm³/mol. The van der Waals surface area contributed by atoms with Gasteiger partial charge in [-0.15, -0.1) is 0 Å². The Morgan fingerprint density at radius 2 is 2.24 bits per heavy atom. The second-order valence-corrected chi connectivity index (χ2v) is 4.90. The number of carbonyl (C=O) groups is 1. The second-order valence-electron chi connectivity index (χ2n) is 4.90. The van der Waals surface area contributed by atoms with E-state index in [1.54, 1.807) is 0 Å². The zero-order valence-corrected chi connectivity index (χ0v) is 10.9. The molecule has 0 radical (unpaired) electrons. The Morgan fingerprint density at radius 3 is 2.82 bits per heavy atom. The Kier molecular flexibility index (Phi) is 3.97. The van der Waals surface area contributed by atoms with E-state index in [0.29, 0.717) is 11.7 Å². The second kappa shape index (κ2) is 5.48. The van der Waals surface area contributed by atoms with Crippen molar-refractivity contribution in [3.05, 3.63) is 17.5 Å². The number of Topliss-reactive ketones (excluding diaryl/α,β-unsaturated/α-hetero) is 1. The zero-order valence-electron chi connectivity index (χ0n) is 10.9. The van der Waals surface area contributed by atoms with Gasteiger partial charge in [0.2, 0.25) is 0 Å². The van der Waals surface area contributed by atoms with Gasteiger partial charge in [-0.05, 0) is 38.2 Å². The lowest BCUT2D eigenvalue weighted by molar-refractivity contribution is -0.120. The third-order valence-corrected chi connectivity index (χ3v) is 3.76. The van der Waals surface area contributed by atoms with Crippen LogP contribution in [0.2, 0.25) is 0 Å². The van der Waals surface area contributed by atoms with E-state index in [2.05, 4.69) is 29.7 Å². The van der Waals surface area contributed by atoms with Crippen molar-refractivity contribution < 1.29 is 4.79 Å². The molecule has 1 unspecified atom stereocenters. The maximum atomic E-state index is 11.6. The summed E-state index contributed by atoms with van der Waals surface area (Å²) in [4.78, 5) is 11.6. The van der Waals surface area contributed by atoms with Crippen molar-refractivity contribution in [2.45, 2.75) is 58.9 Å². The van der Waals surface area contributed by atoms with E-state index in [1.807, 2.05) is 0 Å². The number of carbonyl (C=O) groups excluding carboxylic acids is 1. The summed E-state index contributed by atoms with van der Waals surface area (Å²) in [6, 6.07) is 2.19. The summed E-state index contributed by atoms with van der Waals surface area (Å²) in [6.45, 7) is 5.19. The predicted octanol–water partition coefficient (Wildman–Crippen LogP) is 2.77. The molecular formula is C14H22N2O. The quantitative estimate of drug-likeness (QED) is 0.785. The normalized spacial score (nSPS) is 20.1. The van der Waals surface area contributed by atoms with Crippen molar-refractivity contribution >= 4 is 5.78 Å². The Balaban J connectivity index is 1.97. The van der Waals surface area contributed by atoms with Crippen LogP contribution in [0.15, 0.2) is 6.07 Å². The van der Waals surface area contributed by atoms with Crippen molar-refractivity contribution in [3.63, 3.8) is 0 Å². The summed E-state index contributed by atoms with van der Waals surface area (Å²) in [6.07, 6.45) is 5.95. The molecule has 0 saturated heterocycles. The number of aromatic nitrogens is 2. The van der Waals surface area contributed by atoms with Crippen LogP contribution in [-0.4, -0.2) is 15.6 Å². The molecule has 0 bridgehead atoms. The van der Waals surface area contributed by atoms with Gasteiger partial charge in [0.1, 0.15) is 5.78 Å². The van der Waals surface area contributed by atoms with Crippen LogP contribution in [-0.2, 0) is 24.2 Å². The third kappa shape index (κ3) is 2.76. The molecule has 1 fully saturated rings. The minimum atomic E-state index is 0.300. The highest BCUT2D eigenvalue weighted by Crippen LogP contribution is 2.25. The summed E-state index contributed by atoms with van der Waals surface area (Å²) in [5.41, 5.74) is 2.46. The number of hydrogen-bond acceptors (Lipinski definition) is 2. The van der Waals surface area contributed by atoms with Crippen LogP contribution < -0.4 is 0 Å². The molecule has 3 nitrogen and oxygen atoms in total. The molecule has 3 heteroatoms. The summed E-state index contributed by atoms with van der Waals surface area (Å²) in [5, 5.41) is 4.59. The van der Waals surface area contributed by atoms with Gasteiger partial charge < -0.3 is 0 Å². The van der Waals surface area contributed by atoms with Gasteiger partial charge in [-0.25, -0.2) is 0 Å². The molecule has 1 saturated carbocycles. The molecule has 0 N–H and O–H groups in total. The van der Waals surface area contributed by atoms with E-state index in [-0.39, 0.29) is 0 Å². The first-order chi connectivity index (χ1) is 8.24. The van der Waals surface area contributed by atoms with Crippen LogP contribution in [0.5, 0.6) is 0 Å². The minimum absolute atomic E-state index is 0.300. The molecule has 1 atom stereocenters. The summed E-state index contributed by atoms with van der Waals surface area (Å²) < 4.78 is 2.10. The highest BCUT2D eigenvalue weighted by Gasteiger charge is 2.24. The standard InChI is InChI=1S/C14H22N2O/c1-3-12-10-13(4-2)16(15-12)9-8-11-6-5-7-14(11)17/h10-11H,3-9H2,1-2H3. The summed E-state index contributed by atoms with van der Waals surface area (Å²) in [5.74, 6) is 0.764. The van der Waals surface area contributed by atoms with Crippen molar-refractivity contribution in [2.24, 2.45) is 5.92 Å². The third-order valence-electron chi connectivity index (χ3n) is 3.76. The maximum Gasteiger partial charge on any atom is 0.136 e. The lowest BCUT2D eigenvalue weighted by Gasteiger charge is -2.09. The molecule has 1 heterocycles. The largest absolute Gasteiger partial charge is 0.299 e. The average Bonchev–Trinajstić information content (AvgIpc) is 2.92. The lowest BCUT2D eigenvalue weighted by Crippen LogP contribution is -2.12. The molecule has 0 aliphatic heterocycles. The SMILES string of the molecule is CCc1cc(CC)n(CCC2CCCC2=O)n1. The van der Waals surface area contributed by atoms with Crippen molar-refractivity contribution in [3.8, 4) is 0 Å². The Bertz CT molecular complexity index is 395. The number of hydrogen-bond donors (Lipinski definition) is 0. The zero-order chi connectivity index (χ0) is 12.3. The van der Waals surface area contributed by atoms with Crippen molar-refractivity contribution in [1.29, 1.82) is 0 Å². The molecule has 1 aliphatic rings. The van der Waals surface area contributed by atoms with Gasteiger partial charge in [0, 0.05) is 24.6 Å². The Hall–Kier alpha value is -1.12. The van der Waals surface area contributed by atoms with E-state index in [9.17, 15) is 4.79 Å². The van der Waals surface area contributed by atoms with E-state index in [1.165, 1.54) is 11.4 Å². The first-order valence-corrected chi connectivity index (χ1v) is 6.82. The van der Waals surface area contributed by atoms with Crippen LogP contribution in [0, 0.1) is 5.92 Å². The topological polar surface area (TPSA) is 34.9 Å². The van der Waals surface area contributed by atoms with E-state index >= 15 is 0 Å². The van der Waals surface area contributed by atoms with Crippen LogP contribution >= 0.6 is 0 Å². The molecule has 2 rings (SSSR count). The van der Waals surface area contributed by atoms with Crippen LogP contribution in [0.25, 0.3) is 0 Å². The monoisotopic (exact) mass is 234 g/mol. The highest BCUT2D eigenvalue weighted by molar-refractivity contribution is 5.82. The molecule has 94 valence electrons. The van der Waals surface area contributed by atoms with Crippen LogP contribution in [0.1, 0.15) is 50.9 Å². The molecule has 17 heavy (non-hydrogen) atoms. The fourth-order valence-corrected chi connectivity index (χ4v) is 2.64. The molecule has 0 aromatic carbocycles. The number of aryl methyl sites for hydroxylation is 3. The lowest BCUT2D eigenvalue weighted by atomic mass is 10.0. The summed E-state index contributed by atoms with van der Waals surface area (Å²) >= 11 is 0. The molecule has 1 aromatic heterocycles. The average molecular weight is 234 g/mol. The fraction of sp³-hybridized carbons (Fsp3) is 0.714. The van der Waals surface area contributed by atoms with Gasteiger partial charge in [0.05, 0.1) is 5.69 Å². The van der Waals surface area contributed by atoms with Gasteiger partial charge in [-0.2, -0.15) is 5.10 Å². The highest BCUT2D eigenvalue weighted by atomic mass is 16.1. The van der Waals surface area contributed by atoms with Gasteiger partial charge in [0.25, 0.3) is 0 Å². The molecular weight excluding hydrogens is 212 g/mol. The van der Waals surface area contributed by atoms with E-state index < -0.39 is 0 Å². The van der Waals surface area contributed by atoms with Gasteiger partial charge in [-0.3, -0.25) is 9.48 Å². The molecule has 1 aromatic rings. The van der Waals surface area contributed by atoms with Crippen LogP contribution in [0.3, 0.4) is 0 Å². The Labute approximate surface area is 103 Å². The number of nitrogens with zero attached hydrogens (tertiary/aromatic N) is 2. The molecule has 0 spiro atoms. The number of rotatable bonds is 5. The fourth-order valence-electron chi connectivity index (χ4n) is 2.64. The number of ketones is 1. The minimum Gasteiger partial charge on any atom is -0.299 e. The van der Waals surface area contributed by atoms with E-state index in [0.717, 1.165) is 45.1 Å². The van der Waals surface area contributed by atoms with Gasteiger partial charge in [-0.1, -0.05) is 13.8 Å². The maximum absolute atomic E-state index is 11.6. The van der Waals surface area contributed by atoms with Crippen molar-refractivity contribution in [1.82, 2.24) is 9.78 Å². The van der Waals surface area contributed by atoms with Crippen molar-refractivity contribution in [2.75, 3.05) is 0 Å². The van der Waals surface area contributed by atoms with Gasteiger partial charge >= 0.3 is 0 Å². The molecule has 1 aliphatic carbocycles. The van der Waals surface area contributed by atoms with E-state index in [4.69, 9.17) is 0 Å². The first-order valence-electron chi connectivity index (χ1n) is 6.82. The first kappa shape index (κ1) is 12.3.